The number of anilines is 3. The first-order valence-corrected chi connectivity index (χ1v) is 21.5. The second-order valence-electron chi connectivity index (χ2n) is 15.2. The van der Waals surface area contributed by atoms with Crippen LogP contribution in [0.5, 0.6) is 0 Å². The molecule has 58 heavy (non-hydrogen) atoms. The van der Waals surface area contributed by atoms with E-state index in [0.717, 1.165) is 17.1 Å². The van der Waals surface area contributed by atoms with Crippen molar-refractivity contribution in [1.29, 1.82) is 0 Å². The lowest BCUT2D eigenvalue weighted by Crippen LogP contribution is -2.28. The van der Waals surface area contributed by atoms with Crippen LogP contribution in [0.2, 0.25) is 0 Å². The number of hydrogen-bond donors (Lipinski definition) is 0. The van der Waals surface area contributed by atoms with Crippen LogP contribution >= 0.6 is 22.7 Å². The lowest BCUT2D eigenvalue weighted by atomic mass is 9.67. The molecule has 12 rings (SSSR count). The first-order chi connectivity index (χ1) is 28.7. The van der Waals surface area contributed by atoms with Crippen molar-refractivity contribution in [1.82, 2.24) is 0 Å². The monoisotopic (exact) mass is 773 g/mol. The molecule has 0 spiro atoms. The third-order valence-electron chi connectivity index (χ3n) is 12.2. The molecule has 2 heterocycles. The van der Waals surface area contributed by atoms with Crippen LogP contribution in [-0.4, -0.2) is 0 Å². The zero-order chi connectivity index (χ0) is 38.2. The number of rotatable bonds is 6. The Labute approximate surface area is 345 Å². The van der Waals surface area contributed by atoms with Crippen molar-refractivity contribution in [3.05, 3.63) is 235 Å². The average molecular weight is 774 g/mol. The molecular weight excluding hydrogens is 739 g/mol. The van der Waals surface area contributed by atoms with E-state index < -0.39 is 5.41 Å². The third-order valence-corrected chi connectivity index (χ3v) is 14.4. The Kier molecular flexibility index (Phi) is 7.56. The molecule has 0 aliphatic heterocycles. The third kappa shape index (κ3) is 5.00. The summed E-state index contributed by atoms with van der Waals surface area (Å²) in [6.07, 6.45) is 0. The van der Waals surface area contributed by atoms with Gasteiger partial charge in [0.25, 0.3) is 0 Å². The maximum atomic E-state index is 2.48. The molecular formula is C55H35NS2. The Morgan fingerprint density at radius 1 is 0.310 bits per heavy atom. The second-order valence-corrected chi connectivity index (χ2v) is 17.4. The van der Waals surface area contributed by atoms with Gasteiger partial charge in [-0.3, -0.25) is 0 Å². The number of nitrogens with zero attached hydrogens (tertiary/aromatic N) is 1. The molecule has 3 heteroatoms. The fourth-order valence-corrected chi connectivity index (χ4v) is 11.8. The SMILES string of the molecule is c1ccc(-c2ccc(N(c3ccc4c(c3)C(c3ccccc3)(c3ccc5sc6ccccc6c5c3)c3ccccc3-4)c3ccc4c(c3)sc3ccccc34)cc2)cc1. The van der Waals surface area contributed by atoms with Gasteiger partial charge >= 0.3 is 0 Å². The lowest BCUT2D eigenvalue weighted by Gasteiger charge is -2.35. The highest BCUT2D eigenvalue weighted by atomic mass is 32.1. The minimum Gasteiger partial charge on any atom is -0.310 e. The Balaban J connectivity index is 1.12. The van der Waals surface area contributed by atoms with Crippen LogP contribution in [-0.2, 0) is 5.41 Å². The van der Waals surface area contributed by atoms with Gasteiger partial charge in [0.05, 0.1) is 5.41 Å². The second kappa shape index (κ2) is 13.1. The molecule has 272 valence electrons. The highest BCUT2D eigenvalue weighted by Gasteiger charge is 2.46. The molecule has 0 amide bonds. The summed E-state index contributed by atoms with van der Waals surface area (Å²) in [5, 5.41) is 5.24. The van der Waals surface area contributed by atoms with E-state index in [4.69, 9.17) is 0 Å². The first-order valence-electron chi connectivity index (χ1n) is 19.8. The minimum atomic E-state index is -0.543. The van der Waals surface area contributed by atoms with Gasteiger partial charge in [0.15, 0.2) is 0 Å². The van der Waals surface area contributed by atoms with Gasteiger partial charge in [0, 0.05) is 57.4 Å². The fraction of sp³-hybridized carbons (Fsp3) is 0.0182. The Morgan fingerprint density at radius 3 is 1.66 bits per heavy atom. The zero-order valence-corrected chi connectivity index (χ0v) is 33.1. The summed E-state index contributed by atoms with van der Waals surface area (Å²) in [5.41, 5.74) is 13.0. The van der Waals surface area contributed by atoms with Gasteiger partial charge in [-0.15, -0.1) is 22.7 Å². The summed E-state index contributed by atoms with van der Waals surface area (Å²) < 4.78 is 5.23. The van der Waals surface area contributed by atoms with Crippen molar-refractivity contribution < 1.29 is 0 Å². The van der Waals surface area contributed by atoms with E-state index in [1.165, 1.54) is 84.9 Å². The van der Waals surface area contributed by atoms with Gasteiger partial charge in [-0.2, -0.15) is 0 Å². The van der Waals surface area contributed by atoms with E-state index in [1.807, 2.05) is 22.7 Å². The number of fused-ring (bicyclic) bond motifs is 9. The van der Waals surface area contributed by atoms with Crippen LogP contribution in [0, 0.1) is 0 Å². The number of hydrogen-bond acceptors (Lipinski definition) is 3. The van der Waals surface area contributed by atoms with Gasteiger partial charge < -0.3 is 4.90 Å². The summed E-state index contributed by atoms with van der Waals surface area (Å²) in [4.78, 5) is 2.45. The van der Waals surface area contributed by atoms with Crippen molar-refractivity contribution in [3.8, 4) is 22.3 Å². The molecule has 11 aromatic rings. The summed E-state index contributed by atoms with van der Waals surface area (Å²) in [6.45, 7) is 0. The molecule has 0 N–H and O–H groups in total. The van der Waals surface area contributed by atoms with E-state index in [2.05, 4.69) is 217 Å². The molecule has 0 saturated heterocycles. The first kappa shape index (κ1) is 33.4. The normalized spacial score (nSPS) is 14.6. The Hall–Kier alpha value is -6.78. The molecule has 9 aromatic carbocycles. The highest BCUT2D eigenvalue weighted by molar-refractivity contribution is 7.26. The largest absolute Gasteiger partial charge is 0.310 e. The van der Waals surface area contributed by atoms with Crippen molar-refractivity contribution in [2.45, 2.75) is 5.41 Å². The van der Waals surface area contributed by atoms with Gasteiger partial charge in [-0.05, 0) is 105 Å². The topological polar surface area (TPSA) is 3.24 Å². The van der Waals surface area contributed by atoms with Crippen LogP contribution in [0.4, 0.5) is 17.1 Å². The molecule has 2 aromatic heterocycles. The summed E-state index contributed by atoms with van der Waals surface area (Å²) >= 11 is 3.74. The molecule has 1 unspecified atom stereocenters. The molecule has 0 bridgehead atoms. The van der Waals surface area contributed by atoms with Crippen molar-refractivity contribution in [3.63, 3.8) is 0 Å². The zero-order valence-electron chi connectivity index (χ0n) is 31.5. The summed E-state index contributed by atoms with van der Waals surface area (Å²) in [6, 6.07) is 78.9. The number of thiophene rings is 2. The quantitative estimate of drug-likeness (QED) is 0.163. The van der Waals surface area contributed by atoms with Crippen LogP contribution < -0.4 is 4.90 Å². The van der Waals surface area contributed by atoms with E-state index in [9.17, 15) is 0 Å². The molecule has 0 saturated carbocycles. The van der Waals surface area contributed by atoms with E-state index in [-0.39, 0.29) is 0 Å². The van der Waals surface area contributed by atoms with E-state index in [1.54, 1.807) is 0 Å². The molecule has 1 aliphatic carbocycles. The smallest absolute Gasteiger partial charge is 0.0714 e. The standard InChI is InChI=1S/C55H35NS2/c1-3-13-36(14-4-1)37-23-26-40(27-24-37)56(42-29-31-47-45-18-8-11-21-51(45)58-54(47)35-42)41-28-30-44-43-17-7-10-20-49(43)55(50(44)34-41,38-15-5-2-6-16-38)39-25-32-53-48(33-39)46-19-9-12-22-52(46)57-53/h1-35H. The Bertz CT molecular complexity index is 3340. The number of benzene rings is 9. The summed E-state index contributed by atoms with van der Waals surface area (Å²) in [7, 11) is 0. The molecule has 1 aliphatic rings. The molecule has 0 fully saturated rings. The predicted molar refractivity (Wildman–Crippen MR) is 250 cm³/mol. The van der Waals surface area contributed by atoms with Gasteiger partial charge in [0.2, 0.25) is 0 Å². The van der Waals surface area contributed by atoms with Crippen LogP contribution in [0.1, 0.15) is 22.3 Å². The highest BCUT2D eigenvalue weighted by Crippen LogP contribution is 2.58. The van der Waals surface area contributed by atoms with Gasteiger partial charge in [0.1, 0.15) is 0 Å². The van der Waals surface area contributed by atoms with Crippen molar-refractivity contribution >= 4 is 80.1 Å². The van der Waals surface area contributed by atoms with Crippen LogP contribution in [0.25, 0.3) is 62.6 Å². The van der Waals surface area contributed by atoms with Crippen LogP contribution in [0.15, 0.2) is 212 Å². The van der Waals surface area contributed by atoms with Crippen molar-refractivity contribution in [2.24, 2.45) is 0 Å². The molecule has 1 nitrogen and oxygen atoms in total. The fourth-order valence-electron chi connectivity index (χ4n) is 9.58. The lowest BCUT2D eigenvalue weighted by molar-refractivity contribution is 0.770. The van der Waals surface area contributed by atoms with Crippen LogP contribution in [0.3, 0.4) is 0 Å². The predicted octanol–water partition coefficient (Wildman–Crippen LogP) is 15.9. The van der Waals surface area contributed by atoms with E-state index in [0.29, 0.717) is 0 Å². The molecule has 1 atom stereocenters. The maximum absolute atomic E-state index is 2.48. The summed E-state index contributed by atoms with van der Waals surface area (Å²) in [5.74, 6) is 0. The van der Waals surface area contributed by atoms with Gasteiger partial charge in [-0.1, -0.05) is 152 Å². The Morgan fingerprint density at radius 2 is 0.862 bits per heavy atom. The molecule has 0 radical (unpaired) electrons. The van der Waals surface area contributed by atoms with Crippen molar-refractivity contribution in [2.75, 3.05) is 4.90 Å². The van der Waals surface area contributed by atoms with Gasteiger partial charge in [-0.25, -0.2) is 0 Å². The minimum absolute atomic E-state index is 0.543. The van der Waals surface area contributed by atoms with E-state index >= 15 is 0 Å². The maximum Gasteiger partial charge on any atom is 0.0714 e. The average Bonchev–Trinajstić information content (AvgIpc) is 3.95.